The first kappa shape index (κ1) is 13.3. The van der Waals surface area contributed by atoms with Crippen molar-refractivity contribution in [2.45, 2.75) is 32.1 Å². The summed E-state index contributed by atoms with van der Waals surface area (Å²) in [7, 11) is 0. The molecule has 2 atom stereocenters. The van der Waals surface area contributed by atoms with E-state index in [4.69, 9.17) is 10.1 Å². The van der Waals surface area contributed by atoms with Crippen LogP contribution in [0.25, 0.3) is 11.3 Å². The first-order valence-corrected chi connectivity index (χ1v) is 7.80. The highest BCUT2D eigenvalue weighted by Gasteiger charge is 2.25. The van der Waals surface area contributed by atoms with E-state index >= 15 is 0 Å². The second-order valence-electron chi connectivity index (χ2n) is 5.57. The average molecular weight is 287 g/mol. The van der Waals surface area contributed by atoms with Crippen LogP contribution in [0, 0.1) is 5.92 Å². The minimum atomic E-state index is -0.896. The Kier molecular flexibility index (Phi) is 3.57. The van der Waals surface area contributed by atoms with E-state index in [0.717, 1.165) is 17.2 Å². The van der Waals surface area contributed by atoms with Gasteiger partial charge in [0.05, 0.1) is 16.3 Å². The van der Waals surface area contributed by atoms with E-state index < -0.39 is 5.97 Å². The van der Waals surface area contributed by atoms with E-state index in [-0.39, 0.29) is 0 Å². The SMILES string of the molecule is CC1CCC(c2nc(-c3cccc(C(=O)O)c3)cs2)C1. The number of aromatic nitrogens is 1. The van der Waals surface area contributed by atoms with E-state index in [1.807, 2.05) is 11.4 Å². The maximum absolute atomic E-state index is 11.0. The minimum Gasteiger partial charge on any atom is -0.478 e. The fraction of sp³-hybridized carbons (Fsp3) is 0.375. The highest BCUT2D eigenvalue weighted by molar-refractivity contribution is 7.10. The van der Waals surface area contributed by atoms with Crippen molar-refractivity contribution in [1.29, 1.82) is 0 Å². The molecule has 2 aromatic rings. The Hall–Kier alpha value is -1.68. The van der Waals surface area contributed by atoms with Crippen LogP contribution in [0.15, 0.2) is 29.6 Å². The Bertz CT molecular complexity index is 635. The topological polar surface area (TPSA) is 50.2 Å². The summed E-state index contributed by atoms with van der Waals surface area (Å²) < 4.78 is 0. The molecule has 0 bridgehead atoms. The Morgan fingerprint density at radius 1 is 1.40 bits per heavy atom. The molecule has 104 valence electrons. The number of benzene rings is 1. The van der Waals surface area contributed by atoms with Crippen molar-refractivity contribution in [3.8, 4) is 11.3 Å². The van der Waals surface area contributed by atoms with Gasteiger partial charge in [-0.3, -0.25) is 0 Å². The van der Waals surface area contributed by atoms with E-state index in [0.29, 0.717) is 11.5 Å². The van der Waals surface area contributed by atoms with Gasteiger partial charge in [0.15, 0.2) is 0 Å². The molecule has 0 saturated heterocycles. The molecule has 0 aliphatic heterocycles. The molecular formula is C16H17NO2S. The lowest BCUT2D eigenvalue weighted by Gasteiger charge is -2.04. The van der Waals surface area contributed by atoms with Crippen LogP contribution < -0.4 is 0 Å². The highest BCUT2D eigenvalue weighted by atomic mass is 32.1. The lowest BCUT2D eigenvalue weighted by molar-refractivity contribution is 0.0697. The summed E-state index contributed by atoms with van der Waals surface area (Å²) in [5.41, 5.74) is 2.10. The molecule has 0 spiro atoms. The molecule has 0 radical (unpaired) electrons. The molecule has 1 aromatic carbocycles. The molecule has 4 heteroatoms. The maximum Gasteiger partial charge on any atom is 0.335 e. The number of carboxylic acids is 1. The summed E-state index contributed by atoms with van der Waals surface area (Å²) in [4.78, 5) is 15.7. The van der Waals surface area contributed by atoms with Crippen LogP contribution in [0.1, 0.15) is 47.5 Å². The molecule has 1 heterocycles. The molecule has 1 aliphatic carbocycles. The largest absolute Gasteiger partial charge is 0.478 e. The molecule has 0 amide bonds. The van der Waals surface area contributed by atoms with Crippen molar-refractivity contribution < 1.29 is 9.90 Å². The zero-order chi connectivity index (χ0) is 14.1. The molecule has 1 fully saturated rings. The third-order valence-electron chi connectivity index (χ3n) is 3.97. The second-order valence-corrected chi connectivity index (χ2v) is 6.46. The van der Waals surface area contributed by atoms with E-state index in [1.54, 1.807) is 29.5 Å². The maximum atomic E-state index is 11.0. The lowest BCUT2D eigenvalue weighted by Crippen LogP contribution is -1.96. The van der Waals surface area contributed by atoms with E-state index in [9.17, 15) is 4.79 Å². The summed E-state index contributed by atoms with van der Waals surface area (Å²) in [6.45, 7) is 2.30. The summed E-state index contributed by atoms with van der Waals surface area (Å²) in [5, 5.41) is 12.3. The van der Waals surface area contributed by atoms with Crippen molar-refractivity contribution in [2.75, 3.05) is 0 Å². The number of carboxylic acid groups (broad SMARTS) is 1. The molecule has 3 nitrogen and oxygen atoms in total. The van der Waals surface area contributed by atoms with Crippen LogP contribution in [0.2, 0.25) is 0 Å². The van der Waals surface area contributed by atoms with Crippen LogP contribution in [-0.2, 0) is 0 Å². The normalized spacial score (nSPS) is 22.1. The van der Waals surface area contributed by atoms with Crippen molar-refractivity contribution in [3.05, 3.63) is 40.2 Å². The highest BCUT2D eigenvalue weighted by Crippen LogP contribution is 2.40. The minimum absolute atomic E-state index is 0.312. The number of carbonyl (C=O) groups is 1. The Morgan fingerprint density at radius 2 is 2.25 bits per heavy atom. The number of rotatable bonds is 3. The predicted molar refractivity (Wildman–Crippen MR) is 80.3 cm³/mol. The standard InChI is InChI=1S/C16H17NO2S/c1-10-5-6-12(7-10)15-17-14(9-20-15)11-3-2-4-13(8-11)16(18)19/h2-4,8-10,12H,5-7H2,1H3,(H,18,19). The molecule has 1 N–H and O–H groups in total. The molecule has 3 rings (SSSR count). The van der Waals surface area contributed by atoms with Crippen molar-refractivity contribution in [1.82, 2.24) is 4.98 Å². The van der Waals surface area contributed by atoms with Gasteiger partial charge in [0.1, 0.15) is 0 Å². The van der Waals surface area contributed by atoms with Gasteiger partial charge in [-0.15, -0.1) is 11.3 Å². The van der Waals surface area contributed by atoms with Crippen LogP contribution in [-0.4, -0.2) is 16.1 Å². The molecule has 20 heavy (non-hydrogen) atoms. The zero-order valence-electron chi connectivity index (χ0n) is 11.4. The summed E-state index contributed by atoms with van der Waals surface area (Å²) in [6, 6.07) is 6.99. The van der Waals surface area contributed by atoms with E-state index in [1.165, 1.54) is 24.3 Å². The van der Waals surface area contributed by atoms with Gasteiger partial charge in [-0.25, -0.2) is 9.78 Å². The first-order valence-electron chi connectivity index (χ1n) is 6.92. The molecular weight excluding hydrogens is 270 g/mol. The number of hydrogen-bond acceptors (Lipinski definition) is 3. The van der Waals surface area contributed by atoms with Crippen molar-refractivity contribution >= 4 is 17.3 Å². The Balaban J connectivity index is 1.86. The number of nitrogens with zero attached hydrogens (tertiary/aromatic N) is 1. The van der Waals surface area contributed by atoms with Gasteiger partial charge in [0.25, 0.3) is 0 Å². The first-order chi connectivity index (χ1) is 9.63. The van der Waals surface area contributed by atoms with Gasteiger partial charge < -0.3 is 5.11 Å². The van der Waals surface area contributed by atoms with Crippen molar-refractivity contribution in [3.63, 3.8) is 0 Å². The Labute approximate surface area is 122 Å². The Morgan fingerprint density at radius 3 is 2.95 bits per heavy atom. The van der Waals surface area contributed by atoms with Crippen LogP contribution in [0.4, 0.5) is 0 Å². The quantitative estimate of drug-likeness (QED) is 0.909. The van der Waals surface area contributed by atoms with Gasteiger partial charge in [-0.1, -0.05) is 25.5 Å². The third kappa shape index (κ3) is 2.61. The smallest absolute Gasteiger partial charge is 0.335 e. The van der Waals surface area contributed by atoms with Gasteiger partial charge in [0.2, 0.25) is 0 Å². The molecule has 1 aliphatic rings. The van der Waals surface area contributed by atoms with Crippen LogP contribution in [0.5, 0.6) is 0 Å². The lowest BCUT2D eigenvalue weighted by atomic mass is 10.1. The average Bonchev–Trinajstić information content (AvgIpc) is 3.07. The number of thiazole rings is 1. The third-order valence-corrected chi connectivity index (χ3v) is 4.98. The summed E-state index contributed by atoms with van der Waals surface area (Å²) in [5.74, 6) is 0.487. The molecule has 2 unspecified atom stereocenters. The fourth-order valence-electron chi connectivity index (χ4n) is 2.85. The second kappa shape index (κ2) is 5.37. The molecule has 1 saturated carbocycles. The van der Waals surface area contributed by atoms with Gasteiger partial charge in [-0.05, 0) is 30.9 Å². The van der Waals surface area contributed by atoms with Crippen LogP contribution in [0.3, 0.4) is 0 Å². The van der Waals surface area contributed by atoms with Gasteiger partial charge >= 0.3 is 5.97 Å². The summed E-state index contributed by atoms with van der Waals surface area (Å²) >= 11 is 1.70. The van der Waals surface area contributed by atoms with Crippen molar-refractivity contribution in [2.24, 2.45) is 5.92 Å². The number of hydrogen-bond donors (Lipinski definition) is 1. The predicted octanol–water partition coefficient (Wildman–Crippen LogP) is 4.41. The monoisotopic (exact) mass is 287 g/mol. The number of aromatic carboxylic acids is 1. The van der Waals surface area contributed by atoms with E-state index in [2.05, 4.69) is 6.92 Å². The zero-order valence-corrected chi connectivity index (χ0v) is 12.2. The summed E-state index contributed by atoms with van der Waals surface area (Å²) in [6.07, 6.45) is 3.74. The molecule has 1 aromatic heterocycles. The van der Waals surface area contributed by atoms with Gasteiger partial charge in [0, 0.05) is 16.9 Å². The fourth-order valence-corrected chi connectivity index (χ4v) is 3.83. The van der Waals surface area contributed by atoms with Gasteiger partial charge in [-0.2, -0.15) is 0 Å². The van der Waals surface area contributed by atoms with Crippen LogP contribution >= 0.6 is 11.3 Å².